The molecular weight excluding hydrogens is 384 g/mol. The van der Waals surface area contributed by atoms with Gasteiger partial charge < -0.3 is 15.0 Å². The van der Waals surface area contributed by atoms with Gasteiger partial charge in [-0.15, -0.1) is 0 Å². The van der Waals surface area contributed by atoms with Crippen LogP contribution in [0.15, 0.2) is 48.5 Å². The first-order valence-corrected chi connectivity index (χ1v) is 10.8. The van der Waals surface area contributed by atoms with Crippen LogP contribution in [-0.2, 0) is 0 Å². The summed E-state index contributed by atoms with van der Waals surface area (Å²) in [6, 6.07) is 15.6. The molecule has 3 heterocycles. The standard InChI is InChI=1S/C22H24N4O2S/c1-26-12-10-22(11-13-26)14-17(15-6-2-4-8-18(15)28-22)23-20(27)25-21-24-16-7-3-5-9-19(16)29-21/h2-9,17H,10-14H2,1H3,(H2,23,24,25,27)/t17-/m1/s1. The first-order chi connectivity index (χ1) is 14.1. The van der Waals surface area contributed by atoms with Crippen molar-refractivity contribution in [1.82, 2.24) is 15.2 Å². The maximum atomic E-state index is 12.8. The van der Waals surface area contributed by atoms with Gasteiger partial charge in [0.25, 0.3) is 0 Å². The zero-order valence-corrected chi connectivity index (χ0v) is 17.2. The van der Waals surface area contributed by atoms with Gasteiger partial charge in [0.1, 0.15) is 11.4 Å². The van der Waals surface area contributed by atoms with Crippen LogP contribution in [-0.4, -0.2) is 41.7 Å². The molecule has 1 atom stereocenters. The molecule has 6 nitrogen and oxygen atoms in total. The summed E-state index contributed by atoms with van der Waals surface area (Å²) in [5.74, 6) is 0.883. The van der Waals surface area contributed by atoms with Crippen LogP contribution in [0.5, 0.6) is 5.75 Å². The third kappa shape index (κ3) is 3.68. The average molecular weight is 409 g/mol. The molecule has 2 N–H and O–H groups in total. The SMILES string of the molecule is CN1CCC2(CC1)C[C@@H](NC(=O)Nc1nc3ccccc3s1)c1ccccc1O2. The third-order valence-electron chi connectivity index (χ3n) is 5.91. The van der Waals surface area contributed by atoms with Gasteiger partial charge in [0.05, 0.1) is 16.3 Å². The van der Waals surface area contributed by atoms with Crippen molar-refractivity contribution in [3.63, 3.8) is 0 Å². The lowest BCUT2D eigenvalue weighted by Crippen LogP contribution is -2.51. The first-order valence-electron chi connectivity index (χ1n) is 10.00. The molecule has 150 valence electrons. The highest BCUT2D eigenvalue weighted by Gasteiger charge is 2.43. The third-order valence-corrected chi connectivity index (χ3v) is 6.87. The van der Waals surface area contributed by atoms with Crippen LogP contribution in [0.3, 0.4) is 0 Å². The lowest BCUT2D eigenvalue weighted by atomic mass is 9.80. The highest BCUT2D eigenvalue weighted by Crippen LogP contribution is 2.44. The lowest BCUT2D eigenvalue weighted by Gasteiger charge is -2.46. The molecule has 0 bridgehead atoms. The van der Waals surface area contributed by atoms with E-state index in [0.29, 0.717) is 5.13 Å². The van der Waals surface area contributed by atoms with Gasteiger partial charge in [0.15, 0.2) is 5.13 Å². The molecule has 0 saturated carbocycles. The fourth-order valence-electron chi connectivity index (χ4n) is 4.30. The minimum absolute atomic E-state index is 0.0854. The number of nitrogens with zero attached hydrogens (tertiary/aromatic N) is 2. The van der Waals surface area contributed by atoms with E-state index in [-0.39, 0.29) is 17.7 Å². The monoisotopic (exact) mass is 408 g/mol. The van der Waals surface area contributed by atoms with Crippen LogP contribution in [0, 0.1) is 0 Å². The number of likely N-dealkylation sites (tertiary alicyclic amines) is 1. The van der Waals surface area contributed by atoms with Gasteiger partial charge in [-0.05, 0) is 38.1 Å². The molecule has 3 aromatic rings. The number of piperidine rings is 1. The van der Waals surface area contributed by atoms with Crippen molar-refractivity contribution in [2.24, 2.45) is 0 Å². The van der Waals surface area contributed by atoms with Crippen molar-refractivity contribution in [2.75, 3.05) is 25.5 Å². The maximum Gasteiger partial charge on any atom is 0.321 e. The Balaban J connectivity index is 1.35. The molecule has 2 amide bonds. The fourth-order valence-corrected chi connectivity index (χ4v) is 5.16. The average Bonchev–Trinajstić information content (AvgIpc) is 3.12. The van der Waals surface area contributed by atoms with E-state index in [9.17, 15) is 4.79 Å². The molecule has 1 aromatic heterocycles. The second-order valence-corrected chi connectivity index (χ2v) is 9.00. The Morgan fingerprint density at radius 3 is 2.76 bits per heavy atom. The van der Waals surface area contributed by atoms with Gasteiger partial charge in [-0.1, -0.05) is 41.7 Å². The molecule has 0 aliphatic carbocycles. The Morgan fingerprint density at radius 1 is 1.17 bits per heavy atom. The van der Waals surface area contributed by atoms with Crippen LogP contribution in [0.1, 0.15) is 30.9 Å². The summed E-state index contributed by atoms with van der Waals surface area (Å²) in [6.45, 7) is 2.01. The number of fused-ring (bicyclic) bond motifs is 2. The largest absolute Gasteiger partial charge is 0.487 e. The van der Waals surface area contributed by atoms with Crippen molar-refractivity contribution < 1.29 is 9.53 Å². The van der Waals surface area contributed by atoms with Crippen molar-refractivity contribution in [2.45, 2.75) is 30.9 Å². The van der Waals surface area contributed by atoms with Crippen molar-refractivity contribution >= 4 is 32.7 Å². The van der Waals surface area contributed by atoms with E-state index in [4.69, 9.17) is 4.74 Å². The van der Waals surface area contributed by atoms with E-state index in [1.807, 2.05) is 48.5 Å². The normalized spacial score (nSPS) is 20.8. The number of carbonyl (C=O) groups is 1. The Labute approximate surface area is 173 Å². The zero-order chi connectivity index (χ0) is 19.8. The summed E-state index contributed by atoms with van der Waals surface area (Å²) in [4.78, 5) is 19.6. The Bertz CT molecular complexity index is 1010. The van der Waals surface area contributed by atoms with E-state index in [1.165, 1.54) is 11.3 Å². The number of nitrogens with one attached hydrogen (secondary N) is 2. The topological polar surface area (TPSA) is 66.5 Å². The van der Waals surface area contributed by atoms with Gasteiger partial charge >= 0.3 is 6.03 Å². The number of hydrogen-bond donors (Lipinski definition) is 2. The molecule has 2 aromatic carbocycles. The Kier molecular flexibility index (Phi) is 4.64. The van der Waals surface area contributed by atoms with Gasteiger partial charge in [-0.25, -0.2) is 9.78 Å². The second-order valence-electron chi connectivity index (χ2n) is 7.97. The summed E-state index contributed by atoms with van der Waals surface area (Å²) in [5, 5.41) is 6.70. The first kappa shape index (κ1) is 18.4. The minimum Gasteiger partial charge on any atom is -0.487 e. The van der Waals surface area contributed by atoms with Crippen LogP contribution in [0.4, 0.5) is 9.93 Å². The molecular formula is C22H24N4O2S. The van der Waals surface area contributed by atoms with Crippen molar-refractivity contribution in [3.8, 4) is 5.75 Å². The number of urea groups is 1. The van der Waals surface area contributed by atoms with E-state index in [2.05, 4.69) is 27.6 Å². The quantitative estimate of drug-likeness (QED) is 0.659. The number of anilines is 1. The molecule has 1 fully saturated rings. The highest BCUT2D eigenvalue weighted by atomic mass is 32.1. The number of rotatable bonds is 2. The number of ether oxygens (including phenoxy) is 1. The van der Waals surface area contributed by atoms with Gasteiger partial charge in [-0.2, -0.15) is 0 Å². The van der Waals surface area contributed by atoms with Gasteiger partial charge in [0.2, 0.25) is 0 Å². The zero-order valence-electron chi connectivity index (χ0n) is 16.4. The number of aromatic nitrogens is 1. The minimum atomic E-state index is -0.228. The van der Waals surface area contributed by atoms with Crippen LogP contribution >= 0.6 is 11.3 Å². The molecule has 29 heavy (non-hydrogen) atoms. The molecule has 1 spiro atoms. The molecule has 5 rings (SSSR count). The predicted molar refractivity (Wildman–Crippen MR) is 116 cm³/mol. The highest BCUT2D eigenvalue weighted by molar-refractivity contribution is 7.22. The number of para-hydroxylation sites is 2. The summed E-state index contributed by atoms with van der Waals surface area (Å²) in [5.41, 5.74) is 1.72. The van der Waals surface area contributed by atoms with E-state index >= 15 is 0 Å². The van der Waals surface area contributed by atoms with Gasteiger partial charge in [0, 0.05) is 25.1 Å². The molecule has 2 aliphatic rings. The summed E-state index contributed by atoms with van der Waals surface area (Å²) < 4.78 is 7.53. The molecule has 0 unspecified atom stereocenters. The Morgan fingerprint density at radius 2 is 1.93 bits per heavy atom. The van der Waals surface area contributed by atoms with Crippen molar-refractivity contribution in [1.29, 1.82) is 0 Å². The predicted octanol–water partition coefficient (Wildman–Crippen LogP) is 4.41. The lowest BCUT2D eigenvalue weighted by molar-refractivity contribution is -0.0188. The molecule has 1 saturated heterocycles. The summed E-state index contributed by atoms with van der Waals surface area (Å²) in [7, 11) is 2.14. The number of amides is 2. The molecule has 0 radical (unpaired) electrons. The number of benzene rings is 2. The van der Waals surface area contributed by atoms with Crippen molar-refractivity contribution in [3.05, 3.63) is 54.1 Å². The molecule has 7 heteroatoms. The number of carbonyl (C=O) groups excluding carboxylic acids is 1. The number of thiazole rings is 1. The van der Waals surface area contributed by atoms with Crippen LogP contribution in [0.25, 0.3) is 10.2 Å². The number of hydrogen-bond acceptors (Lipinski definition) is 5. The van der Waals surface area contributed by atoms with Gasteiger partial charge in [-0.3, -0.25) is 5.32 Å². The van der Waals surface area contributed by atoms with E-state index < -0.39 is 0 Å². The van der Waals surface area contributed by atoms with E-state index in [0.717, 1.165) is 53.9 Å². The summed E-state index contributed by atoms with van der Waals surface area (Å²) in [6.07, 6.45) is 2.72. The van der Waals surface area contributed by atoms with Crippen LogP contribution < -0.4 is 15.4 Å². The Hall–Kier alpha value is -2.64. The summed E-state index contributed by atoms with van der Waals surface area (Å²) >= 11 is 1.48. The molecule has 2 aliphatic heterocycles. The fraction of sp³-hybridized carbons (Fsp3) is 0.364. The second kappa shape index (κ2) is 7.31. The van der Waals surface area contributed by atoms with Crippen LogP contribution in [0.2, 0.25) is 0 Å². The maximum absolute atomic E-state index is 12.8. The smallest absolute Gasteiger partial charge is 0.321 e. The van der Waals surface area contributed by atoms with E-state index in [1.54, 1.807) is 0 Å².